The summed E-state index contributed by atoms with van der Waals surface area (Å²) in [4.78, 5) is 25.0. The normalized spacial score (nSPS) is 16.5. The Kier molecular flexibility index (Phi) is 7.22. The lowest BCUT2D eigenvalue weighted by Gasteiger charge is -2.22. The van der Waals surface area contributed by atoms with Crippen molar-refractivity contribution in [1.82, 2.24) is 5.32 Å². The Bertz CT molecular complexity index is 827. The van der Waals surface area contributed by atoms with Crippen molar-refractivity contribution in [3.63, 3.8) is 0 Å². The summed E-state index contributed by atoms with van der Waals surface area (Å²) < 4.78 is 22.5. The number of carbonyl (C=O) groups is 1. The average molecular weight is 387 g/mol. The number of hydrogen-bond donors (Lipinski definition) is 1. The molecule has 7 heteroatoms. The molecule has 0 radical (unpaired) electrons. The fourth-order valence-electron chi connectivity index (χ4n) is 2.88. The van der Waals surface area contributed by atoms with E-state index in [9.17, 15) is 9.59 Å². The van der Waals surface area contributed by atoms with Crippen molar-refractivity contribution in [1.29, 1.82) is 0 Å². The lowest BCUT2D eigenvalue weighted by Crippen LogP contribution is -2.26. The molecule has 1 saturated heterocycles. The molecule has 1 N–H and O–H groups in total. The molecule has 28 heavy (non-hydrogen) atoms. The molecule has 2 aromatic rings. The van der Waals surface area contributed by atoms with Gasteiger partial charge in [0.1, 0.15) is 19.0 Å². The van der Waals surface area contributed by atoms with E-state index in [0.29, 0.717) is 13.2 Å². The minimum atomic E-state index is -0.501. The van der Waals surface area contributed by atoms with Crippen molar-refractivity contribution in [2.24, 2.45) is 0 Å². The molecule has 2 heterocycles. The average Bonchev–Trinajstić information content (AvgIpc) is 2.73. The predicted molar refractivity (Wildman–Crippen MR) is 102 cm³/mol. The van der Waals surface area contributed by atoms with E-state index in [0.717, 1.165) is 24.8 Å². The highest BCUT2D eigenvalue weighted by atomic mass is 16.7. The number of rotatable bonds is 8. The Hall–Kier alpha value is -2.64. The molecular weight excluding hydrogens is 362 g/mol. The van der Waals surface area contributed by atoms with E-state index < -0.39 is 11.3 Å². The van der Waals surface area contributed by atoms with E-state index in [4.69, 9.17) is 18.6 Å². The minimum absolute atomic E-state index is 0.0469. The second-order valence-corrected chi connectivity index (χ2v) is 6.48. The first-order chi connectivity index (χ1) is 13.7. The fraction of sp³-hybridized carbons (Fsp3) is 0.429. The van der Waals surface area contributed by atoms with Gasteiger partial charge in [-0.05, 0) is 31.7 Å². The Labute approximate surface area is 163 Å². The van der Waals surface area contributed by atoms with E-state index in [1.165, 1.54) is 6.07 Å². The van der Waals surface area contributed by atoms with Gasteiger partial charge in [0.05, 0.1) is 0 Å². The second kappa shape index (κ2) is 10.1. The van der Waals surface area contributed by atoms with Gasteiger partial charge in [0.15, 0.2) is 6.29 Å². The lowest BCUT2D eigenvalue weighted by molar-refractivity contribution is -0.171. The van der Waals surface area contributed by atoms with Crippen LogP contribution in [-0.2, 0) is 22.7 Å². The molecule has 0 spiro atoms. The largest absolute Gasteiger partial charge is 0.481 e. The first-order valence-corrected chi connectivity index (χ1v) is 9.52. The summed E-state index contributed by atoms with van der Waals surface area (Å²) in [5.74, 6) is -0.494. The van der Waals surface area contributed by atoms with Crippen LogP contribution in [0.25, 0.3) is 0 Å². The van der Waals surface area contributed by atoms with E-state index in [-0.39, 0.29) is 36.8 Å². The Morgan fingerprint density at radius 3 is 2.75 bits per heavy atom. The van der Waals surface area contributed by atoms with Gasteiger partial charge in [-0.1, -0.05) is 30.3 Å². The monoisotopic (exact) mass is 387 g/mol. The third-order valence-corrected chi connectivity index (χ3v) is 4.27. The maximum Gasteiger partial charge on any atom is 0.291 e. The molecule has 150 valence electrons. The highest BCUT2D eigenvalue weighted by molar-refractivity contribution is 5.93. The molecular formula is C21H25NO6. The van der Waals surface area contributed by atoms with Gasteiger partial charge in [-0.2, -0.15) is 0 Å². The van der Waals surface area contributed by atoms with E-state index >= 15 is 0 Å². The number of hydrogen-bond acceptors (Lipinski definition) is 6. The number of ether oxygens (including phenoxy) is 3. The molecule has 1 unspecified atom stereocenters. The van der Waals surface area contributed by atoms with Crippen LogP contribution in [0.3, 0.4) is 0 Å². The van der Waals surface area contributed by atoms with Gasteiger partial charge in [0.25, 0.3) is 5.91 Å². The number of amides is 1. The zero-order valence-corrected chi connectivity index (χ0v) is 15.9. The summed E-state index contributed by atoms with van der Waals surface area (Å²) in [5, 5.41) is 2.64. The molecule has 1 aliphatic heterocycles. The highest BCUT2D eigenvalue weighted by Gasteiger charge is 2.22. The predicted octanol–water partition coefficient (Wildman–Crippen LogP) is 3.01. The molecule has 0 saturated carbocycles. The zero-order chi connectivity index (χ0) is 19.8. The summed E-state index contributed by atoms with van der Waals surface area (Å²) in [6, 6.07) is 10.7. The number of carbonyl (C=O) groups excluding carboxylic acids is 1. The van der Waals surface area contributed by atoms with Gasteiger partial charge in [-0.3, -0.25) is 9.59 Å². The molecule has 1 amide bonds. The van der Waals surface area contributed by atoms with Crippen molar-refractivity contribution < 1.29 is 23.4 Å². The maximum absolute atomic E-state index is 12.6. The zero-order valence-electron chi connectivity index (χ0n) is 15.9. The first kappa shape index (κ1) is 20.1. The molecule has 0 bridgehead atoms. The van der Waals surface area contributed by atoms with Gasteiger partial charge >= 0.3 is 0 Å². The minimum Gasteiger partial charge on any atom is -0.481 e. The van der Waals surface area contributed by atoms with Crippen LogP contribution in [0.2, 0.25) is 0 Å². The number of nitrogens with one attached hydrogen (secondary N) is 1. The molecule has 1 fully saturated rings. The third kappa shape index (κ3) is 5.43. The SMILES string of the molecule is CCNC(=O)c1oc(COC2CCCCO2)cc(=O)c1OCc1ccccc1. The smallest absolute Gasteiger partial charge is 0.291 e. The second-order valence-electron chi connectivity index (χ2n) is 6.48. The van der Waals surface area contributed by atoms with Crippen LogP contribution in [0.5, 0.6) is 5.75 Å². The molecule has 1 atom stereocenters. The molecule has 1 aromatic carbocycles. The van der Waals surface area contributed by atoms with Crippen molar-refractivity contribution in [3.05, 3.63) is 63.7 Å². The Balaban J connectivity index is 1.77. The molecule has 0 aliphatic carbocycles. The Morgan fingerprint density at radius 2 is 2.04 bits per heavy atom. The van der Waals surface area contributed by atoms with E-state index in [2.05, 4.69) is 5.32 Å². The van der Waals surface area contributed by atoms with E-state index in [1.54, 1.807) is 6.92 Å². The summed E-state index contributed by atoms with van der Waals surface area (Å²) in [5.41, 5.74) is 0.456. The van der Waals surface area contributed by atoms with Crippen molar-refractivity contribution in [2.45, 2.75) is 45.7 Å². The highest BCUT2D eigenvalue weighted by Crippen LogP contribution is 2.20. The maximum atomic E-state index is 12.6. The van der Waals surface area contributed by atoms with Crippen LogP contribution >= 0.6 is 0 Å². The molecule has 1 aromatic heterocycles. The molecule has 3 rings (SSSR count). The fourth-order valence-corrected chi connectivity index (χ4v) is 2.88. The standard InChI is InChI=1S/C21H25NO6/c1-2-22-21(24)20-19(27-13-15-8-4-3-5-9-15)17(23)12-16(28-20)14-26-18-10-6-7-11-25-18/h3-5,8-9,12,18H,2,6-7,10-11,13-14H2,1H3,(H,22,24). The van der Waals surface area contributed by atoms with Crippen molar-refractivity contribution in [3.8, 4) is 5.75 Å². The number of benzene rings is 1. The first-order valence-electron chi connectivity index (χ1n) is 9.52. The van der Waals surface area contributed by atoms with Gasteiger partial charge in [0.2, 0.25) is 16.9 Å². The van der Waals surface area contributed by atoms with Gasteiger partial charge < -0.3 is 23.9 Å². The Morgan fingerprint density at radius 1 is 1.21 bits per heavy atom. The van der Waals surface area contributed by atoms with Crippen molar-refractivity contribution >= 4 is 5.91 Å². The quantitative estimate of drug-likeness (QED) is 0.749. The van der Waals surface area contributed by atoms with Crippen LogP contribution in [-0.4, -0.2) is 25.3 Å². The van der Waals surface area contributed by atoms with Crippen LogP contribution < -0.4 is 15.5 Å². The summed E-state index contributed by atoms with van der Waals surface area (Å²) in [6.07, 6.45) is 2.53. The third-order valence-electron chi connectivity index (χ3n) is 4.27. The van der Waals surface area contributed by atoms with E-state index in [1.807, 2.05) is 30.3 Å². The summed E-state index contributed by atoms with van der Waals surface area (Å²) in [6.45, 7) is 3.05. The van der Waals surface area contributed by atoms with Gasteiger partial charge in [-0.25, -0.2) is 0 Å². The summed E-state index contributed by atoms with van der Waals surface area (Å²) in [7, 11) is 0. The summed E-state index contributed by atoms with van der Waals surface area (Å²) >= 11 is 0. The topological polar surface area (TPSA) is 87.0 Å². The van der Waals surface area contributed by atoms with Gasteiger partial charge in [-0.15, -0.1) is 0 Å². The molecule has 7 nitrogen and oxygen atoms in total. The van der Waals surface area contributed by atoms with Crippen molar-refractivity contribution in [2.75, 3.05) is 13.2 Å². The van der Waals surface area contributed by atoms with Gasteiger partial charge in [0, 0.05) is 19.2 Å². The lowest BCUT2D eigenvalue weighted by atomic mass is 10.2. The van der Waals surface area contributed by atoms with Crippen LogP contribution in [0, 0.1) is 0 Å². The molecule has 1 aliphatic rings. The van der Waals surface area contributed by atoms with Crippen LogP contribution in [0.1, 0.15) is 48.1 Å². The van der Waals surface area contributed by atoms with Crippen LogP contribution in [0.4, 0.5) is 0 Å². The van der Waals surface area contributed by atoms with Crippen LogP contribution in [0.15, 0.2) is 45.6 Å².